The summed E-state index contributed by atoms with van der Waals surface area (Å²) >= 11 is 3.17. The molecule has 1 aliphatic heterocycles. The SMILES string of the molecule is CCC1CCCCN1S(=O)(=O)c1cc(CN)oc1Br. The summed E-state index contributed by atoms with van der Waals surface area (Å²) in [6.45, 7) is 2.79. The van der Waals surface area contributed by atoms with Crippen LogP contribution in [0.15, 0.2) is 20.0 Å². The van der Waals surface area contributed by atoms with Crippen molar-refractivity contribution in [2.75, 3.05) is 6.54 Å². The maximum Gasteiger partial charge on any atom is 0.247 e. The average molecular weight is 351 g/mol. The van der Waals surface area contributed by atoms with E-state index in [0.717, 1.165) is 25.7 Å². The summed E-state index contributed by atoms with van der Waals surface area (Å²) in [6.07, 6.45) is 3.76. The number of furan rings is 1. The molecule has 1 unspecified atom stereocenters. The van der Waals surface area contributed by atoms with Crippen LogP contribution in [-0.4, -0.2) is 25.3 Å². The van der Waals surface area contributed by atoms with Crippen molar-refractivity contribution in [1.29, 1.82) is 0 Å². The summed E-state index contributed by atoms with van der Waals surface area (Å²) in [5.41, 5.74) is 5.48. The normalized spacial score (nSPS) is 21.7. The number of nitrogens with zero attached hydrogens (tertiary/aromatic N) is 1. The van der Waals surface area contributed by atoms with Crippen LogP contribution in [0.4, 0.5) is 0 Å². The first-order chi connectivity index (χ1) is 9.00. The van der Waals surface area contributed by atoms with Crippen LogP contribution in [-0.2, 0) is 16.6 Å². The van der Waals surface area contributed by atoms with Crippen LogP contribution in [0.25, 0.3) is 0 Å². The predicted molar refractivity (Wildman–Crippen MR) is 76.1 cm³/mol. The minimum absolute atomic E-state index is 0.0851. The topological polar surface area (TPSA) is 76.5 Å². The first-order valence-electron chi connectivity index (χ1n) is 6.50. The van der Waals surface area contributed by atoms with Gasteiger partial charge in [-0.2, -0.15) is 4.31 Å². The van der Waals surface area contributed by atoms with Crippen molar-refractivity contribution in [3.8, 4) is 0 Å². The van der Waals surface area contributed by atoms with Crippen LogP contribution in [0.2, 0.25) is 0 Å². The van der Waals surface area contributed by atoms with Gasteiger partial charge in [0, 0.05) is 18.7 Å². The second kappa shape index (κ2) is 5.95. The van der Waals surface area contributed by atoms with E-state index in [4.69, 9.17) is 10.2 Å². The molecule has 1 atom stereocenters. The fraction of sp³-hybridized carbons (Fsp3) is 0.667. The maximum absolute atomic E-state index is 12.7. The minimum atomic E-state index is -3.51. The van der Waals surface area contributed by atoms with Crippen molar-refractivity contribution in [2.45, 2.75) is 50.1 Å². The van der Waals surface area contributed by atoms with Gasteiger partial charge < -0.3 is 10.2 Å². The molecule has 1 fully saturated rings. The van der Waals surface area contributed by atoms with Crippen LogP contribution in [0.5, 0.6) is 0 Å². The summed E-state index contributed by atoms with van der Waals surface area (Å²) in [7, 11) is -3.51. The molecular weight excluding hydrogens is 332 g/mol. The van der Waals surface area contributed by atoms with Crippen LogP contribution >= 0.6 is 15.9 Å². The first kappa shape index (κ1) is 15.0. The van der Waals surface area contributed by atoms with Gasteiger partial charge in [0.25, 0.3) is 0 Å². The summed E-state index contributed by atoms with van der Waals surface area (Å²) < 4.78 is 32.5. The van der Waals surface area contributed by atoms with E-state index in [1.54, 1.807) is 4.31 Å². The Morgan fingerprint density at radius 1 is 1.53 bits per heavy atom. The molecule has 5 nitrogen and oxygen atoms in total. The van der Waals surface area contributed by atoms with Crippen molar-refractivity contribution < 1.29 is 12.8 Å². The van der Waals surface area contributed by atoms with Gasteiger partial charge in [-0.05, 0) is 35.2 Å². The molecule has 7 heteroatoms. The lowest BCUT2D eigenvalue weighted by molar-refractivity contribution is 0.246. The molecule has 0 spiro atoms. The number of rotatable bonds is 4. The molecule has 2 rings (SSSR count). The van der Waals surface area contributed by atoms with E-state index in [1.165, 1.54) is 6.07 Å². The first-order valence-corrected chi connectivity index (χ1v) is 8.74. The van der Waals surface area contributed by atoms with E-state index < -0.39 is 10.0 Å². The second-order valence-electron chi connectivity index (χ2n) is 4.73. The molecular formula is C12H19BrN2O3S. The van der Waals surface area contributed by atoms with Crippen LogP contribution in [0.1, 0.15) is 38.4 Å². The molecule has 0 saturated carbocycles. The highest BCUT2D eigenvalue weighted by molar-refractivity contribution is 9.10. The van der Waals surface area contributed by atoms with Crippen molar-refractivity contribution in [3.05, 3.63) is 16.5 Å². The third-order valence-corrected chi connectivity index (χ3v) is 6.35. The van der Waals surface area contributed by atoms with Gasteiger partial charge in [0.2, 0.25) is 10.0 Å². The quantitative estimate of drug-likeness (QED) is 0.904. The molecule has 0 bridgehead atoms. The molecule has 2 N–H and O–H groups in total. The molecule has 2 heterocycles. The molecule has 1 aromatic rings. The summed E-state index contributed by atoms with van der Waals surface area (Å²) in [6, 6.07) is 1.60. The molecule has 1 aromatic heterocycles. The van der Waals surface area contributed by atoms with E-state index in [1.807, 2.05) is 6.92 Å². The average Bonchev–Trinajstić information content (AvgIpc) is 2.80. The number of halogens is 1. The van der Waals surface area contributed by atoms with Crippen molar-refractivity contribution in [3.63, 3.8) is 0 Å². The van der Waals surface area contributed by atoms with Gasteiger partial charge in [-0.1, -0.05) is 13.3 Å². The highest BCUT2D eigenvalue weighted by Crippen LogP contribution is 2.32. The molecule has 0 aromatic carbocycles. The number of sulfonamides is 1. The zero-order valence-electron chi connectivity index (χ0n) is 10.9. The monoisotopic (exact) mass is 350 g/mol. The Bertz CT molecular complexity index is 541. The predicted octanol–water partition coefficient (Wildman–Crippen LogP) is 2.45. The van der Waals surface area contributed by atoms with Gasteiger partial charge in [0.05, 0.1) is 6.54 Å². The Morgan fingerprint density at radius 3 is 2.84 bits per heavy atom. The summed E-state index contributed by atoms with van der Waals surface area (Å²) in [5.74, 6) is 0.468. The highest BCUT2D eigenvalue weighted by Gasteiger charge is 2.35. The van der Waals surface area contributed by atoms with Crippen LogP contribution < -0.4 is 5.73 Å². The van der Waals surface area contributed by atoms with E-state index in [-0.39, 0.29) is 22.2 Å². The van der Waals surface area contributed by atoms with Gasteiger partial charge in [-0.3, -0.25) is 0 Å². The van der Waals surface area contributed by atoms with Gasteiger partial charge in [-0.25, -0.2) is 8.42 Å². The van der Waals surface area contributed by atoms with Gasteiger partial charge >= 0.3 is 0 Å². The highest BCUT2D eigenvalue weighted by atomic mass is 79.9. The van der Waals surface area contributed by atoms with E-state index in [9.17, 15) is 8.42 Å². The van der Waals surface area contributed by atoms with Gasteiger partial charge in [0.15, 0.2) is 4.67 Å². The van der Waals surface area contributed by atoms with Crippen LogP contribution in [0, 0.1) is 0 Å². The molecule has 1 saturated heterocycles. The Balaban J connectivity index is 2.37. The molecule has 1 aliphatic rings. The molecule has 108 valence electrons. The summed E-state index contributed by atoms with van der Waals surface area (Å²) in [5, 5.41) is 0. The second-order valence-corrected chi connectivity index (χ2v) is 7.31. The number of nitrogens with two attached hydrogens (primary N) is 1. The number of hydrogen-bond donors (Lipinski definition) is 1. The lowest BCUT2D eigenvalue weighted by atomic mass is 10.0. The Hall–Kier alpha value is -0.370. The Labute approximate surface area is 122 Å². The van der Waals surface area contributed by atoms with Crippen molar-refractivity contribution in [2.24, 2.45) is 5.73 Å². The van der Waals surface area contributed by atoms with Gasteiger partial charge in [-0.15, -0.1) is 0 Å². The van der Waals surface area contributed by atoms with E-state index in [0.29, 0.717) is 12.3 Å². The number of hydrogen-bond acceptors (Lipinski definition) is 4. The van der Waals surface area contributed by atoms with E-state index >= 15 is 0 Å². The summed E-state index contributed by atoms with van der Waals surface area (Å²) in [4.78, 5) is 0.188. The fourth-order valence-electron chi connectivity index (χ4n) is 2.50. The lowest BCUT2D eigenvalue weighted by Gasteiger charge is -2.33. The van der Waals surface area contributed by atoms with Crippen molar-refractivity contribution in [1.82, 2.24) is 4.31 Å². The standard InChI is InChI=1S/C12H19BrN2O3S/c1-2-9-5-3-4-6-15(9)19(16,17)11-7-10(8-14)18-12(11)13/h7,9H,2-6,8,14H2,1H3. The zero-order chi connectivity index (χ0) is 14.0. The Morgan fingerprint density at radius 2 is 2.26 bits per heavy atom. The zero-order valence-corrected chi connectivity index (χ0v) is 13.3. The molecule has 19 heavy (non-hydrogen) atoms. The van der Waals surface area contributed by atoms with Gasteiger partial charge in [0.1, 0.15) is 10.7 Å². The third-order valence-electron chi connectivity index (χ3n) is 3.54. The lowest BCUT2D eigenvalue weighted by Crippen LogP contribution is -2.43. The third kappa shape index (κ3) is 2.89. The molecule has 0 aliphatic carbocycles. The number of piperidine rings is 1. The Kier molecular flexibility index (Phi) is 4.70. The maximum atomic E-state index is 12.7. The van der Waals surface area contributed by atoms with E-state index in [2.05, 4.69) is 15.9 Å². The molecule has 0 radical (unpaired) electrons. The molecule has 0 amide bonds. The minimum Gasteiger partial charge on any atom is -0.452 e. The van der Waals surface area contributed by atoms with Crippen molar-refractivity contribution >= 4 is 26.0 Å². The largest absolute Gasteiger partial charge is 0.452 e. The van der Waals surface area contributed by atoms with Crippen LogP contribution in [0.3, 0.4) is 0 Å². The smallest absolute Gasteiger partial charge is 0.247 e. The fourth-order valence-corrected chi connectivity index (χ4v) is 5.23.